The molecule has 0 aromatic heterocycles. The first-order valence-corrected chi connectivity index (χ1v) is 8.71. The van der Waals surface area contributed by atoms with Crippen LogP contribution in [0.5, 0.6) is 11.5 Å². The standard InChI is InChI=1S/C17H28N2O2S/c1-11(2)22-13-7-15(20-4)17(16(8-13)21-5)14-6-12(9-18)10-19(14)3/h7-8,11-12,14H,6,9-10,18H2,1-5H3. The molecular weight excluding hydrogens is 296 g/mol. The number of hydrogen-bond donors (Lipinski definition) is 1. The fraction of sp³-hybridized carbons (Fsp3) is 0.647. The molecule has 2 unspecified atom stereocenters. The van der Waals surface area contributed by atoms with Gasteiger partial charge in [0.15, 0.2) is 0 Å². The maximum Gasteiger partial charge on any atom is 0.128 e. The van der Waals surface area contributed by atoms with Crippen molar-refractivity contribution in [3.05, 3.63) is 17.7 Å². The molecule has 2 rings (SSSR count). The van der Waals surface area contributed by atoms with Gasteiger partial charge in [0.25, 0.3) is 0 Å². The van der Waals surface area contributed by atoms with Gasteiger partial charge in [-0.05, 0) is 38.1 Å². The van der Waals surface area contributed by atoms with Crippen molar-refractivity contribution in [1.82, 2.24) is 4.90 Å². The molecule has 2 atom stereocenters. The van der Waals surface area contributed by atoms with E-state index in [0.29, 0.717) is 17.2 Å². The van der Waals surface area contributed by atoms with Crippen molar-refractivity contribution in [2.24, 2.45) is 11.7 Å². The van der Waals surface area contributed by atoms with Crippen molar-refractivity contribution in [2.45, 2.75) is 36.5 Å². The van der Waals surface area contributed by atoms with Gasteiger partial charge in [-0.25, -0.2) is 0 Å². The summed E-state index contributed by atoms with van der Waals surface area (Å²) in [5.41, 5.74) is 7.01. The summed E-state index contributed by atoms with van der Waals surface area (Å²) in [6.07, 6.45) is 1.05. The highest BCUT2D eigenvalue weighted by atomic mass is 32.2. The average molecular weight is 324 g/mol. The Morgan fingerprint density at radius 3 is 2.27 bits per heavy atom. The Hall–Kier alpha value is -0.910. The molecule has 1 aromatic carbocycles. The molecule has 0 amide bonds. The topological polar surface area (TPSA) is 47.7 Å². The number of hydrogen-bond acceptors (Lipinski definition) is 5. The summed E-state index contributed by atoms with van der Waals surface area (Å²) in [5, 5.41) is 0.524. The van der Waals surface area contributed by atoms with Crippen LogP contribution in [0.2, 0.25) is 0 Å². The summed E-state index contributed by atoms with van der Waals surface area (Å²) in [6, 6.07) is 4.56. The molecule has 124 valence electrons. The molecule has 5 heteroatoms. The van der Waals surface area contributed by atoms with E-state index in [1.807, 2.05) is 11.8 Å². The van der Waals surface area contributed by atoms with Crippen LogP contribution in [-0.2, 0) is 0 Å². The lowest BCUT2D eigenvalue weighted by Gasteiger charge is -2.25. The zero-order valence-corrected chi connectivity index (χ0v) is 15.1. The number of nitrogens with two attached hydrogens (primary N) is 1. The Morgan fingerprint density at radius 1 is 1.27 bits per heavy atom. The fourth-order valence-electron chi connectivity index (χ4n) is 3.20. The van der Waals surface area contributed by atoms with Crippen LogP contribution in [0.3, 0.4) is 0 Å². The highest BCUT2D eigenvalue weighted by Gasteiger charge is 2.34. The van der Waals surface area contributed by atoms with Gasteiger partial charge in [0.1, 0.15) is 11.5 Å². The second-order valence-corrected chi connectivity index (χ2v) is 7.85. The van der Waals surface area contributed by atoms with Crippen molar-refractivity contribution >= 4 is 11.8 Å². The molecule has 0 aliphatic carbocycles. The maximum absolute atomic E-state index is 5.86. The molecule has 1 aliphatic rings. The molecule has 1 fully saturated rings. The molecule has 0 spiro atoms. The molecule has 2 N–H and O–H groups in total. The molecule has 1 aromatic rings. The lowest BCUT2D eigenvalue weighted by Crippen LogP contribution is -2.21. The van der Waals surface area contributed by atoms with E-state index in [2.05, 4.69) is 37.9 Å². The van der Waals surface area contributed by atoms with Crippen molar-refractivity contribution < 1.29 is 9.47 Å². The van der Waals surface area contributed by atoms with Gasteiger partial charge in [-0.3, -0.25) is 4.90 Å². The first-order valence-electron chi connectivity index (χ1n) is 7.83. The maximum atomic E-state index is 5.86. The van der Waals surface area contributed by atoms with Crippen molar-refractivity contribution in [1.29, 1.82) is 0 Å². The van der Waals surface area contributed by atoms with Gasteiger partial charge in [0, 0.05) is 22.7 Å². The second-order valence-electron chi connectivity index (χ2n) is 6.20. The number of methoxy groups -OCH3 is 2. The van der Waals surface area contributed by atoms with Gasteiger partial charge in [-0.1, -0.05) is 13.8 Å². The first kappa shape index (κ1) is 17.4. The Morgan fingerprint density at radius 2 is 1.86 bits per heavy atom. The SMILES string of the molecule is COc1cc(SC(C)C)cc(OC)c1C1CC(CN)CN1C. The van der Waals surface area contributed by atoms with Crippen LogP contribution in [-0.4, -0.2) is 44.5 Å². The van der Waals surface area contributed by atoms with E-state index in [0.717, 1.165) is 36.6 Å². The Bertz CT molecular complexity index is 482. The summed E-state index contributed by atoms with van der Waals surface area (Å²) in [6.45, 7) is 6.13. The Labute approximate surface area is 138 Å². The predicted molar refractivity (Wildman–Crippen MR) is 93.1 cm³/mol. The van der Waals surface area contributed by atoms with E-state index in [-0.39, 0.29) is 0 Å². The quantitative estimate of drug-likeness (QED) is 0.815. The third-order valence-electron chi connectivity index (χ3n) is 4.19. The van der Waals surface area contributed by atoms with E-state index >= 15 is 0 Å². The number of likely N-dealkylation sites (tertiary alicyclic amines) is 1. The first-order chi connectivity index (χ1) is 10.5. The third-order valence-corrected chi connectivity index (χ3v) is 5.17. The summed E-state index contributed by atoms with van der Waals surface area (Å²) < 4.78 is 11.4. The second kappa shape index (κ2) is 7.57. The van der Waals surface area contributed by atoms with Crippen LogP contribution >= 0.6 is 11.8 Å². The largest absolute Gasteiger partial charge is 0.496 e. The molecular formula is C17H28N2O2S. The minimum Gasteiger partial charge on any atom is -0.496 e. The highest BCUT2D eigenvalue weighted by molar-refractivity contribution is 7.99. The minimum absolute atomic E-state index is 0.302. The Kier molecular flexibility index (Phi) is 6.01. The minimum atomic E-state index is 0.302. The van der Waals surface area contributed by atoms with Gasteiger partial charge in [0.05, 0.1) is 19.8 Å². The normalized spacial score (nSPS) is 22.3. The molecule has 1 aliphatic heterocycles. The van der Waals surface area contributed by atoms with Crippen LogP contribution in [0.15, 0.2) is 17.0 Å². The van der Waals surface area contributed by atoms with Crippen molar-refractivity contribution in [2.75, 3.05) is 34.4 Å². The number of nitrogens with zero attached hydrogens (tertiary/aromatic N) is 1. The van der Waals surface area contributed by atoms with Crippen molar-refractivity contribution in [3.8, 4) is 11.5 Å². The molecule has 4 nitrogen and oxygen atoms in total. The fourth-order valence-corrected chi connectivity index (χ4v) is 4.09. The summed E-state index contributed by atoms with van der Waals surface area (Å²) in [5.74, 6) is 2.36. The predicted octanol–water partition coefficient (Wildman–Crippen LogP) is 3.16. The molecule has 1 heterocycles. The molecule has 0 radical (unpaired) electrons. The monoisotopic (exact) mass is 324 g/mol. The number of rotatable bonds is 6. The van der Waals surface area contributed by atoms with Gasteiger partial charge < -0.3 is 15.2 Å². The summed E-state index contributed by atoms with van der Waals surface area (Å²) >= 11 is 1.82. The van der Waals surface area contributed by atoms with E-state index in [1.165, 1.54) is 4.90 Å². The van der Waals surface area contributed by atoms with Crippen LogP contribution in [0, 0.1) is 5.92 Å². The third kappa shape index (κ3) is 3.70. The number of ether oxygens (including phenoxy) is 2. The number of thioether (sulfide) groups is 1. The van der Waals surface area contributed by atoms with E-state index < -0.39 is 0 Å². The van der Waals surface area contributed by atoms with Crippen LogP contribution in [0.4, 0.5) is 0 Å². The molecule has 0 bridgehead atoms. The smallest absolute Gasteiger partial charge is 0.128 e. The van der Waals surface area contributed by atoms with Gasteiger partial charge in [-0.15, -0.1) is 11.8 Å². The van der Waals surface area contributed by atoms with Gasteiger partial charge >= 0.3 is 0 Å². The molecule has 1 saturated heterocycles. The van der Waals surface area contributed by atoms with Gasteiger partial charge in [0.2, 0.25) is 0 Å². The average Bonchev–Trinajstić information content (AvgIpc) is 2.86. The highest BCUT2D eigenvalue weighted by Crippen LogP contribution is 2.45. The lowest BCUT2D eigenvalue weighted by atomic mass is 9.98. The van der Waals surface area contributed by atoms with E-state index in [4.69, 9.17) is 15.2 Å². The van der Waals surface area contributed by atoms with E-state index in [1.54, 1.807) is 14.2 Å². The van der Waals surface area contributed by atoms with Crippen molar-refractivity contribution in [3.63, 3.8) is 0 Å². The summed E-state index contributed by atoms with van der Waals surface area (Å²) in [7, 11) is 5.62. The van der Waals surface area contributed by atoms with E-state index in [9.17, 15) is 0 Å². The Balaban J connectivity index is 2.41. The zero-order chi connectivity index (χ0) is 16.3. The van der Waals surface area contributed by atoms with Gasteiger partial charge in [-0.2, -0.15) is 0 Å². The molecule has 22 heavy (non-hydrogen) atoms. The zero-order valence-electron chi connectivity index (χ0n) is 14.3. The van der Waals surface area contributed by atoms with Crippen LogP contribution in [0.25, 0.3) is 0 Å². The summed E-state index contributed by atoms with van der Waals surface area (Å²) in [4.78, 5) is 3.54. The number of benzene rings is 1. The lowest BCUT2D eigenvalue weighted by molar-refractivity contribution is 0.291. The van der Waals surface area contributed by atoms with Crippen LogP contribution in [0.1, 0.15) is 31.9 Å². The molecule has 0 saturated carbocycles. The van der Waals surface area contributed by atoms with Crippen LogP contribution < -0.4 is 15.2 Å².